The van der Waals surface area contributed by atoms with E-state index in [-0.39, 0.29) is 24.4 Å². The first-order valence-electron chi connectivity index (χ1n) is 9.55. The Morgan fingerprint density at radius 3 is 2.40 bits per heavy atom. The summed E-state index contributed by atoms with van der Waals surface area (Å²) in [4.78, 5) is 31.7. The van der Waals surface area contributed by atoms with Crippen molar-refractivity contribution in [2.24, 2.45) is 4.99 Å². The van der Waals surface area contributed by atoms with E-state index in [4.69, 9.17) is 0 Å². The van der Waals surface area contributed by atoms with Gasteiger partial charge in [-0.3, -0.25) is 9.59 Å². The van der Waals surface area contributed by atoms with Crippen LogP contribution in [0, 0.1) is 0 Å². The number of carbonyl (C=O) groups excluding carboxylic acids is 2. The van der Waals surface area contributed by atoms with Gasteiger partial charge in [-0.1, -0.05) is 26.2 Å². The van der Waals surface area contributed by atoms with Gasteiger partial charge in [0.05, 0.1) is 0 Å². The predicted molar refractivity (Wildman–Crippen MR) is 99.4 cm³/mol. The van der Waals surface area contributed by atoms with E-state index in [1.54, 1.807) is 19.0 Å². The van der Waals surface area contributed by atoms with Gasteiger partial charge in [0, 0.05) is 45.7 Å². The van der Waals surface area contributed by atoms with Gasteiger partial charge >= 0.3 is 0 Å². The minimum atomic E-state index is -0.0149. The highest BCUT2D eigenvalue weighted by molar-refractivity contribution is 5.85. The third kappa shape index (κ3) is 6.21. The summed E-state index contributed by atoms with van der Waals surface area (Å²) in [5, 5.41) is 6.94. The molecule has 1 heterocycles. The van der Waals surface area contributed by atoms with Crippen molar-refractivity contribution < 1.29 is 9.59 Å². The summed E-state index contributed by atoms with van der Waals surface area (Å²) in [6.45, 7) is 3.53. The second-order valence-electron chi connectivity index (χ2n) is 7.26. The fourth-order valence-electron chi connectivity index (χ4n) is 3.38. The smallest absolute Gasteiger partial charge is 0.243 e. The minimum Gasteiger partial charge on any atom is -0.354 e. The number of likely N-dealkylation sites (tertiary alicyclic amines) is 1. The summed E-state index contributed by atoms with van der Waals surface area (Å²) < 4.78 is 0. The largest absolute Gasteiger partial charge is 0.354 e. The van der Waals surface area contributed by atoms with Crippen LogP contribution in [-0.2, 0) is 9.59 Å². The normalized spacial score (nSPS) is 22.0. The van der Waals surface area contributed by atoms with Crippen LogP contribution in [0.1, 0.15) is 51.9 Å². The van der Waals surface area contributed by atoms with Crippen LogP contribution in [0.2, 0.25) is 0 Å². The Morgan fingerprint density at radius 1 is 1.08 bits per heavy atom. The minimum absolute atomic E-state index is 0.0149. The van der Waals surface area contributed by atoms with Crippen LogP contribution < -0.4 is 10.6 Å². The Labute approximate surface area is 151 Å². The lowest BCUT2D eigenvalue weighted by Crippen LogP contribution is -2.49. The van der Waals surface area contributed by atoms with Crippen LogP contribution in [0.15, 0.2) is 4.99 Å². The summed E-state index contributed by atoms with van der Waals surface area (Å²) in [6.07, 6.45) is 7.53. The summed E-state index contributed by atoms with van der Waals surface area (Å²) in [6, 6.07) is 0.615. The summed E-state index contributed by atoms with van der Waals surface area (Å²) >= 11 is 0. The maximum Gasteiger partial charge on any atom is 0.243 e. The molecule has 2 N–H and O–H groups in total. The molecule has 25 heavy (non-hydrogen) atoms. The maximum absolute atomic E-state index is 11.9. The third-order valence-corrected chi connectivity index (χ3v) is 5.00. The van der Waals surface area contributed by atoms with Gasteiger partial charge in [0.1, 0.15) is 6.54 Å². The van der Waals surface area contributed by atoms with Gasteiger partial charge < -0.3 is 20.4 Å². The van der Waals surface area contributed by atoms with Crippen LogP contribution in [0.25, 0.3) is 0 Å². The van der Waals surface area contributed by atoms with Crippen molar-refractivity contribution in [3.8, 4) is 0 Å². The van der Waals surface area contributed by atoms with E-state index >= 15 is 0 Å². The van der Waals surface area contributed by atoms with Gasteiger partial charge in [0.2, 0.25) is 11.8 Å². The predicted octanol–water partition coefficient (Wildman–Crippen LogP) is 0.953. The molecule has 1 atom stereocenters. The van der Waals surface area contributed by atoms with Crippen molar-refractivity contribution in [3.63, 3.8) is 0 Å². The molecule has 142 valence electrons. The average molecular weight is 351 g/mol. The van der Waals surface area contributed by atoms with Crippen LogP contribution >= 0.6 is 0 Å². The Kier molecular flexibility index (Phi) is 7.52. The number of nitrogens with one attached hydrogen (secondary N) is 2. The molecule has 1 saturated heterocycles. The van der Waals surface area contributed by atoms with E-state index in [9.17, 15) is 9.59 Å². The Morgan fingerprint density at radius 2 is 1.76 bits per heavy atom. The zero-order chi connectivity index (χ0) is 18.2. The lowest BCUT2D eigenvalue weighted by Gasteiger charge is -2.26. The van der Waals surface area contributed by atoms with E-state index in [1.165, 1.54) is 19.3 Å². The molecular weight excluding hydrogens is 318 g/mol. The van der Waals surface area contributed by atoms with Crippen molar-refractivity contribution in [1.82, 2.24) is 20.4 Å². The topological polar surface area (TPSA) is 77.0 Å². The third-order valence-electron chi connectivity index (χ3n) is 5.00. The van der Waals surface area contributed by atoms with Gasteiger partial charge in [-0.2, -0.15) is 0 Å². The number of guanidine groups is 1. The highest BCUT2D eigenvalue weighted by atomic mass is 16.2. The first-order chi connectivity index (χ1) is 12.0. The van der Waals surface area contributed by atoms with Crippen molar-refractivity contribution in [1.29, 1.82) is 0 Å². The van der Waals surface area contributed by atoms with E-state index in [0.717, 1.165) is 25.8 Å². The van der Waals surface area contributed by atoms with Crippen molar-refractivity contribution in [2.45, 2.75) is 64.0 Å². The zero-order valence-electron chi connectivity index (χ0n) is 15.9. The van der Waals surface area contributed by atoms with Gasteiger partial charge in [0.15, 0.2) is 5.96 Å². The molecule has 1 aliphatic carbocycles. The molecule has 0 bridgehead atoms. The van der Waals surface area contributed by atoms with Crippen molar-refractivity contribution in [3.05, 3.63) is 0 Å². The monoisotopic (exact) mass is 351 g/mol. The number of hydrogen-bond acceptors (Lipinski definition) is 3. The van der Waals surface area contributed by atoms with E-state index < -0.39 is 0 Å². The van der Waals surface area contributed by atoms with E-state index in [1.807, 2.05) is 11.8 Å². The fraction of sp³-hybridized carbons (Fsp3) is 0.833. The number of carbonyl (C=O) groups is 2. The average Bonchev–Trinajstić information content (AvgIpc) is 3.08. The number of hydrogen-bond donors (Lipinski definition) is 2. The molecule has 2 rings (SSSR count). The molecule has 1 aliphatic heterocycles. The number of rotatable bonds is 5. The first-order valence-corrected chi connectivity index (χ1v) is 9.55. The van der Waals surface area contributed by atoms with Gasteiger partial charge in [-0.05, 0) is 19.3 Å². The standard InChI is InChI=1S/C18H33N5O2/c1-4-16(24)23-11-10-15(13-23)21-18(19-12-17(25)22(2)3)20-14-8-6-5-7-9-14/h14-15H,4-13H2,1-3H3,(H2,19,20,21). The second kappa shape index (κ2) is 9.63. The summed E-state index contributed by atoms with van der Waals surface area (Å²) in [7, 11) is 3.48. The molecule has 0 aromatic heterocycles. The van der Waals surface area contributed by atoms with Gasteiger partial charge in [0.25, 0.3) is 0 Å². The van der Waals surface area contributed by atoms with Crippen LogP contribution in [0.3, 0.4) is 0 Å². The summed E-state index contributed by atoms with van der Waals surface area (Å²) in [5.74, 6) is 0.891. The first kappa shape index (κ1) is 19.5. The quantitative estimate of drug-likeness (QED) is 0.571. The zero-order valence-corrected chi connectivity index (χ0v) is 15.9. The molecule has 0 aromatic carbocycles. The molecule has 1 saturated carbocycles. The lowest BCUT2D eigenvalue weighted by atomic mass is 9.96. The van der Waals surface area contributed by atoms with E-state index in [0.29, 0.717) is 25.0 Å². The highest BCUT2D eigenvalue weighted by Crippen LogP contribution is 2.17. The molecule has 0 radical (unpaired) electrons. The Balaban J connectivity index is 1.94. The Hall–Kier alpha value is -1.79. The van der Waals surface area contributed by atoms with Crippen molar-refractivity contribution in [2.75, 3.05) is 33.7 Å². The van der Waals surface area contributed by atoms with Gasteiger partial charge in [-0.15, -0.1) is 0 Å². The number of nitrogens with zero attached hydrogens (tertiary/aromatic N) is 3. The van der Waals surface area contributed by atoms with E-state index in [2.05, 4.69) is 15.6 Å². The molecule has 2 aliphatic rings. The lowest BCUT2D eigenvalue weighted by molar-refractivity contribution is -0.130. The van der Waals surface area contributed by atoms with Gasteiger partial charge in [-0.25, -0.2) is 4.99 Å². The van der Waals surface area contributed by atoms with Crippen LogP contribution in [-0.4, -0.2) is 73.4 Å². The number of likely N-dealkylation sites (N-methyl/N-ethyl adjacent to an activating group) is 1. The molecule has 7 nitrogen and oxygen atoms in total. The molecule has 0 spiro atoms. The molecule has 0 aromatic rings. The maximum atomic E-state index is 11.9. The molecule has 2 fully saturated rings. The van der Waals surface area contributed by atoms with Crippen molar-refractivity contribution >= 4 is 17.8 Å². The molecule has 2 amide bonds. The fourth-order valence-corrected chi connectivity index (χ4v) is 3.38. The molecule has 7 heteroatoms. The summed E-state index contributed by atoms with van der Waals surface area (Å²) in [5.41, 5.74) is 0. The Bertz CT molecular complexity index is 486. The number of aliphatic imine (C=N–C) groups is 1. The molecule has 1 unspecified atom stereocenters. The highest BCUT2D eigenvalue weighted by Gasteiger charge is 2.26. The van der Waals surface area contributed by atoms with Crippen LogP contribution in [0.5, 0.6) is 0 Å². The SMILES string of the molecule is CCC(=O)N1CCC(NC(=NCC(=O)N(C)C)NC2CCCCC2)C1. The molecular formula is C18H33N5O2. The number of amides is 2. The van der Waals surface area contributed by atoms with Crippen LogP contribution in [0.4, 0.5) is 0 Å². The second-order valence-corrected chi connectivity index (χ2v) is 7.26.